The Morgan fingerprint density at radius 2 is 1.70 bits per heavy atom. The Labute approximate surface area is 195 Å². The van der Waals surface area contributed by atoms with Crippen molar-refractivity contribution in [3.63, 3.8) is 0 Å². The lowest BCUT2D eigenvalue weighted by molar-refractivity contribution is 0.102. The highest BCUT2D eigenvalue weighted by atomic mass is 32.2. The Bertz CT molecular complexity index is 1200. The van der Waals surface area contributed by atoms with Gasteiger partial charge in [0.25, 0.3) is 5.91 Å². The summed E-state index contributed by atoms with van der Waals surface area (Å²) < 4.78 is 16.5. The third-order valence-corrected chi connectivity index (χ3v) is 5.64. The van der Waals surface area contributed by atoms with E-state index in [-0.39, 0.29) is 5.91 Å². The van der Waals surface area contributed by atoms with E-state index in [9.17, 15) is 4.79 Å². The summed E-state index contributed by atoms with van der Waals surface area (Å²) in [4.78, 5) is 16.8. The van der Waals surface area contributed by atoms with Gasteiger partial charge in [0.05, 0.1) is 14.2 Å². The third kappa shape index (κ3) is 5.83. The van der Waals surface area contributed by atoms with E-state index in [4.69, 9.17) is 14.2 Å². The number of rotatable bonds is 9. The number of nitrogens with one attached hydrogen (secondary N) is 2. The number of nitrogens with zero attached hydrogens (tertiary/aromatic N) is 2. The number of ether oxygens (including phenoxy) is 3. The van der Waals surface area contributed by atoms with Gasteiger partial charge in [0.15, 0.2) is 16.7 Å². The minimum Gasteiger partial charge on any atom is -0.497 e. The normalized spacial score (nSPS) is 10.5. The van der Waals surface area contributed by atoms with Crippen LogP contribution in [0.25, 0.3) is 0 Å². The number of hydrogen-bond donors (Lipinski definition) is 2. The molecule has 1 amide bonds. The Morgan fingerprint density at radius 3 is 2.36 bits per heavy atom. The summed E-state index contributed by atoms with van der Waals surface area (Å²) in [5.74, 6) is 2.90. The van der Waals surface area contributed by atoms with E-state index in [1.54, 1.807) is 80.6 Å². The molecular formula is C24H22N4O4S. The molecule has 1 aromatic heterocycles. The van der Waals surface area contributed by atoms with Crippen LogP contribution in [0.3, 0.4) is 0 Å². The molecule has 0 saturated carbocycles. The third-order valence-electron chi connectivity index (χ3n) is 4.69. The monoisotopic (exact) mass is 462 g/mol. The van der Waals surface area contributed by atoms with Gasteiger partial charge in [-0.3, -0.25) is 9.89 Å². The largest absolute Gasteiger partial charge is 0.497 e. The van der Waals surface area contributed by atoms with E-state index in [0.717, 1.165) is 22.2 Å². The predicted molar refractivity (Wildman–Crippen MR) is 126 cm³/mol. The number of aromatic amines is 1. The summed E-state index contributed by atoms with van der Waals surface area (Å²) in [6, 6.07) is 19.9. The van der Waals surface area contributed by atoms with Crippen molar-refractivity contribution >= 4 is 23.4 Å². The molecule has 0 unspecified atom stereocenters. The number of carbonyl (C=O) groups is 1. The molecule has 0 radical (unpaired) electrons. The van der Waals surface area contributed by atoms with E-state index in [0.29, 0.717) is 28.5 Å². The van der Waals surface area contributed by atoms with Crippen molar-refractivity contribution in [2.45, 2.75) is 10.9 Å². The molecule has 168 valence electrons. The smallest absolute Gasteiger partial charge is 0.255 e. The first-order chi connectivity index (χ1) is 16.1. The molecule has 0 atom stereocenters. The van der Waals surface area contributed by atoms with Gasteiger partial charge < -0.3 is 19.5 Å². The fraction of sp³-hybridized carbons (Fsp3) is 0.125. The lowest BCUT2D eigenvalue weighted by Gasteiger charge is -2.13. The predicted octanol–water partition coefficient (Wildman–Crippen LogP) is 5.16. The van der Waals surface area contributed by atoms with Crippen LogP contribution < -0.4 is 19.5 Å². The van der Waals surface area contributed by atoms with Gasteiger partial charge in [0.1, 0.15) is 17.8 Å². The van der Waals surface area contributed by atoms with Gasteiger partial charge in [0.2, 0.25) is 0 Å². The summed E-state index contributed by atoms with van der Waals surface area (Å²) in [7, 11) is 3.17. The zero-order valence-electron chi connectivity index (χ0n) is 18.1. The number of anilines is 1. The fourth-order valence-corrected chi connectivity index (χ4v) is 3.71. The van der Waals surface area contributed by atoms with Gasteiger partial charge in [0, 0.05) is 23.1 Å². The maximum absolute atomic E-state index is 12.7. The topological polar surface area (TPSA) is 98.4 Å². The first kappa shape index (κ1) is 22.2. The van der Waals surface area contributed by atoms with E-state index < -0.39 is 0 Å². The molecule has 0 aliphatic rings. The molecule has 9 heteroatoms. The number of aromatic nitrogens is 3. The maximum atomic E-state index is 12.7. The number of H-pyrrole nitrogens is 1. The second-order valence-electron chi connectivity index (χ2n) is 6.87. The quantitative estimate of drug-likeness (QED) is 0.332. The fourth-order valence-electron chi connectivity index (χ4n) is 2.98. The molecule has 0 fully saturated rings. The molecule has 8 nitrogen and oxygen atoms in total. The summed E-state index contributed by atoms with van der Waals surface area (Å²) in [5, 5.41) is 10.3. The van der Waals surface area contributed by atoms with Gasteiger partial charge >= 0.3 is 0 Å². The second kappa shape index (κ2) is 10.6. The molecule has 0 saturated heterocycles. The van der Waals surface area contributed by atoms with Crippen LogP contribution in [0.15, 0.2) is 78.2 Å². The number of thioether (sulfide) groups is 1. The zero-order chi connectivity index (χ0) is 23.0. The minimum absolute atomic E-state index is 0.218. The minimum atomic E-state index is -0.218. The van der Waals surface area contributed by atoms with Gasteiger partial charge in [-0.25, -0.2) is 4.98 Å². The Balaban J connectivity index is 1.42. The van der Waals surface area contributed by atoms with Crippen LogP contribution in [-0.2, 0) is 5.75 Å². The average molecular weight is 463 g/mol. The molecule has 0 spiro atoms. The summed E-state index contributed by atoms with van der Waals surface area (Å²) in [6.45, 7) is 0. The van der Waals surface area contributed by atoms with Gasteiger partial charge in [-0.2, -0.15) is 5.10 Å². The van der Waals surface area contributed by atoms with Crippen LogP contribution in [0.1, 0.15) is 15.9 Å². The highest BCUT2D eigenvalue weighted by Gasteiger charge is 2.11. The van der Waals surface area contributed by atoms with Gasteiger partial charge in [-0.05, 0) is 54.1 Å². The molecule has 2 N–H and O–H groups in total. The number of amides is 1. The highest BCUT2D eigenvalue weighted by molar-refractivity contribution is 7.98. The average Bonchev–Trinajstić information content (AvgIpc) is 3.37. The molecule has 4 rings (SSSR count). The molecule has 0 aliphatic heterocycles. The molecule has 0 aliphatic carbocycles. The number of methoxy groups -OCH3 is 2. The Morgan fingerprint density at radius 1 is 0.939 bits per heavy atom. The molecular weight excluding hydrogens is 440 g/mol. The first-order valence-corrected chi connectivity index (χ1v) is 11.0. The lowest BCUT2D eigenvalue weighted by Crippen LogP contribution is -2.12. The second-order valence-corrected chi connectivity index (χ2v) is 7.84. The van der Waals surface area contributed by atoms with Crippen LogP contribution in [-0.4, -0.2) is 35.3 Å². The summed E-state index contributed by atoms with van der Waals surface area (Å²) in [6.07, 6.45) is 1.47. The Kier molecular flexibility index (Phi) is 7.11. The highest BCUT2D eigenvalue weighted by Crippen LogP contribution is 2.34. The molecule has 3 aromatic carbocycles. The molecule has 1 heterocycles. The zero-order valence-corrected chi connectivity index (χ0v) is 18.9. The SMILES string of the molecule is COc1ccc(Oc2cc(NC(=O)c3ccc(CSc4ncn[nH]4)cc3)ccc2OC)cc1. The van der Waals surface area contributed by atoms with Gasteiger partial charge in [-0.15, -0.1) is 0 Å². The van der Waals surface area contributed by atoms with Crippen LogP contribution >= 0.6 is 11.8 Å². The maximum Gasteiger partial charge on any atom is 0.255 e. The van der Waals surface area contributed by atoms with Crippen molar-refractivity contribution in [1.29, 1.82) is 0 Å². The van der Waals surface area contributed by atoms with Crippen LogP contribution in [0, 0.1) is 0 Å². The van der Waals surface area contributed by atoms with E-state index in [2.05, 4.69) is 20.5 Å². The van der Waals surface area contributed by atoms with Crippen molar-refractivity contribution in [3.8, 4) is 23.0 Å². The molecule has 33 heavy (non-hydrogen) atoms. The van der Waals surface area contributed by atoms with Crippen molar-refractivity contribution in [2.75, 3.05) is 19.5 Å². The Hall–Kier alpha value is -3.98. The summed E-state index contributed by atoms with van der Waals surface area (Å²) >= 11 is 1.54. The van der Waals surface area contributed by atoms with E-state index >= 15 is 0 Å². The van der Waals surface area contributed by atoms with Crippen molar-refractivity contribution in [1.82, 2.24) is 15.2 Å². The van der Waals surface area contributed by atoms with Crippen molar-refractivity contribution in [2.24, 2.45) is 0 Å². The molecule has 4 aromatic rings. The lowest BCUT2D eigenvalue weighted by atomic mass is 10.1. The number of hydrogen-bond acceptors (Lipinski definition) is 7. The van der Waals surface area contributed by atoms with Crippen LogP contribution in [0.5, 0.6) is 23.0 Å². The van der Waals surface area contributed by atoms with Crippen LogP contribution in [0.4, 0.5) is 5.69 Å². The standard InChI is InChI=1S/C24H22N4O4S/c1-30-19-8-10-20(11-9-19)32-22-13-18(7-12-21(22)31-2)27-23(29)17-5-3-16(4-6-17)14-33-24-25-15-26-28-24/h3-13,15H,14H2,1-2H3,(H,27,29)(H,25,26,28). The number of benzene rings is 3. The summed E-state index contributed by atoms with van der Waals surface area (Å²) in [5.41, 5.74) is 2.22. The van der Waals surface area contributed by atoms with Gasteiger partial charge in [-0.1, -0.05) is 23.9 Å². The van der Waals surface area contributed by atoms with E-state index in [1.807, 2.05) is 12.1 Å². The van der Waals surface area contributed by atoms with E-state index in [1.165, 1.54) is 6.33 Å². The number of carbonyl (C=O) groups excluding carboxylic acids is 1. The van der Waals surface area contributed by atoms with Crippen molar-refractivity contribution in [3.05, 3.63) is 84.2 Å². The molecule has 0 bridgehead atoms. The first-order valence-electron chi connectivity index (χ1n) is 10.0. The van der Waals surface area contributed by atoms with Crippen molar-refractivity contribution < 1.29 is 19.0 Å². The van der Waals surface area contributed by atoms with Crippen LogP contribution in [0.2, 0.25) is 0 Å².